The minimum Gasteiger partial charge on any atom is -0.480 e. The molecule has 0 radical (unpaired) electrons. The Morgan fingerprint density at radius 3 is 1.19 bits per heavy atom. The van der Waals surface area contributed by atoms with E-state index in [0.717, 1.165) is 11.5 Å². The zero-order valence-corrected chi connectivity index (χ0v) is 22.9. The van der Waals surface area contributed by atoms with Gasteiger partial charge in [-0.2, -0.15) is 0 Å². The van der Waals surface area contributed by atoms with E-state index in [4.69, 9.17) is 19.7 Å². The highest BCUT2D eigenvalue weighted by Gasteiger charge is 2.01. The molecule has 2 aromatic carbocycles. The molecule has 0 bridgehead atoms. The quantitative estimate of drug-likeness (QED) is 0.189. The lowest BCUT2D eigenvalue weighted by Gasteiger charge is -2.08. The maximum atomic E-state index is 9.12. The number of carboxylic acids is 1. The summed E-state index contributed by atoms with van der Waals surface area (Å²) in [6.45, 7) is 3.78. The van der Waals surface area contributed by atoms with E-state index in [9.17, 15) is 0 Å². The van der Waals surface area contributed by atoms with Crippen LogP contribution in [0.3, 0.4) is 0 Å². The first-order valence-corrected chi connectivity index (χ1v) is 14.3. The van der Waals surface area contributed by atoms with Crippen LogP contribution in [0, 0.1) is 0 Å². The van der Waals surface area contributed by atoms with E-state index in [1.807, 2.05) is 0 Å². The van der Waals surface area contributed by atoms with E-state index in [1.165, 1.54) is 114 Å². The Morgan fingerprint density at radius 2 is 0.889 bits per heavy atom. The molecule has 2 N–H and O–H groups in total. The molecule has 0 unspecified atom stereocenters. The molecule has 0 aromatic heterocycles. The fourth-order valence-electron chi connectivity index (χ4n) is 4.16. The van der Waals surface area contributed by atoms with E-state index in [2.05, 4.69) is 62.4 Å². The summed E-state index contributed by atoms with van der Waals surface area (Å²) in [6.07, 6.45) is 21.5. The number of carbonyl (C=O) groups is 1. The van der Waals surface area contributed by atoms with Crippen molar-refractivity contribution in [1.82, 2.24) is 0 Å². The molecule has 4 heteroatoms. The molecule has 0 amide bonds. The third-order valence-corrected chi connectivity index (χ3v) is 6.36. The third-order valence-electron chi connectivity index (χ3n) is 6.36. The standard InChI is InChI=1S/C30H46O.C2H4O3/c1-3-5-7-9-11-13-15-17-27-19-23-29(24-20-27)31-30-25-21-28(22-26-30)18-16-14-12-10-8-6-4-2;3-1-2(4)5/h19-26H,3-18H2,1-2H3;3H,1H2,(H,4,5). The summed E-state index contributed by atoms with van der Waals surface area (Å²) in [5.74, 6) is 0.677. The molecule has 0 aliphatic heterocycles. The van der Waals surface area contributed by atoms with Crippen molar-refractivity contribution in [2.24, 2.45) is 0 Å². The number of aliphatic hydroxyl groups excluding tert-OH is 1. The van der Waals surface area contributed by atoms with Gasteiger partial charge in [0, 0.05) is 0 Å². The van der Waals surface area contributed by atoms with Crippen molar-refractivity contribution < 1.29 is 19.7 Å². The first kappa shape index (κ1) is 31.7. The minimum absolute atomic E-state index is 0.778. The summed E-state index contributed by atoms with van der Waals surface area (Å²) in [6, 6.07) is 17.4. The number of aliphatic hydroxyl groups is 1. The summed E-state index contributed by atoms with van der Waals surface area (Å²) in [7, 11) is 0. The van der Waals surface area contributed by atoms with Crippen LogP contribution in [0.4, 0.5) is 0 Å². The second-order valence-corrected chi connectivity index (χ2v) is 9.68. The van der Waals surface area contributed by atoms with Crippen LogP contribution in [0.5, 0.6) is 11.5 Å². The molecule has 0 saturated carbocycles. The average molecular weight is 499 g/mol. The monoisotopic (exact) mass is 498 g/mol. The highest BCUT2D eigenvalue weighted by molar-refractivity contribution is 5.67. The van der Waals surface area contributed by atoms with Gasteiger partial charge in [0.25, 0.3) is 0 Å². The van der Waals surface area contributed by atoms with Crippen molar-refractivity contribution >= 4 is 5.97 Å². The van der Waals surface area contributed by atoms with Crippen LogP contribution in [0.1, 0.15) is 115 Å². The van der Waals surface area contributed by atoms with E-state index in [1.54, 1.807) is 0 Å². The number of aliphatic carboxylic acids is 1. The number of hydrogen-bond acceptors (Lipinski definition) is 3. The zero-order valence-electron chi connectivity index (χ0n) is 22.9. The van der Waals surface area contributed by atoms with Gasteiger partial charge >= 0.3 is 5.97 Å². The number of benzene rings is 2. The second-order valence-electron chi connectivity index (χ2n) is 9.68. The third kappa shape index (κ3) is 17.2. The van der Waals surface area contributed by atoms with E-state index in [-0.39, 0.29) is 0 Å². The van der Waals surface area contributed by atoms with Crippen molar-refractivity contribution in [1.29, 1.82) is 0 Å². The van der Waals surface area contributed by atoms with Gasteiger partial charge < -0.3 is 14.9 Å². The van der Waals surface area contributed by atoms with Crippen molar-refractivity contribution in [2.45, 2.75) is 117 Å². The number of aryl methyl sites for hydroxylation is 2. The van der Waals surface area contributed by atoms with Gasteiger partial charge in [-0.05, 0) is 61.1 Å². The van der Waals surface area contributed by atoms with Crippen LogP contribution >= 0.6 is 0 Å². The highest BCUT2D eigenvalue weighted by Crippen LogP contribution is 2.23. The molecule has 0 heterocycles. The van der Waals surface area contributed by atoms with Gasteiger partial charge in [0.1, 0.15) is 18.1 Å². The molecular formula is C32H50O4. The van der Waals surface area contributed by atoms with Gasteiger partial charge in [0.2, 0.25) is 0 Å². The van der Waals surface area contributed by atoms with Gasteiger partial charge in [-0.15, -0.1) is 0 Å². The summed E-state index contributed by atoms with van der Waals surface area (Å²) >= 11 is 0. The first-order chi connectivity index (χ1) is 17.6. The molecule has 4 nitrogen and oxygen atoms in total. The molecule has 2 rings (SSSR count). The Kier molecular flexibility index (Phi) is 19.3. The van der Waals surface area contributed by atoms with Gasteiger partial charge in [-0.1, -0.05) is 115 Å². The number of unbranched alkanes of at least 4 members (excludes halogenated alkanes) is 12. The molecule has 0 fully saturated rings. The Balaban J connectivity index is 0.00000118. The highest BCUT2D eigenvalue weighted by atomic mass is 16.5. The SMILES string of the molecule is CCCCCCCCCc1ccc(Oc2ccc(CCCCCCCCC)cc2)cc1.O=C(O)CO. The summed E-state index contributed by atoms with van der Waals surface area (Å²) < 4.78 is 6.05. The van der Waals surface area contributed by atoms with Crippen LogP contribution in [-0.4, -0.2) is 22.8 Å². The van der Waals surface area contributed by atoms with Crippen LogP contribution in [-0.2, 0) is 17.6 Å². The predicted molar refractivity (Wildman–Crippen MR) is 151 cm³/mol. The average Bonchev–Trinajstić information content (AvgIpc) is 2.90. The lowest BCUT2D eigenvalue weighted by Crippen LogP contribution is -1.98. The lowest BCUT2D eigenvalue weighted by molar-refractivity contribution is -0.140. The Morgan fingerprint density at radius 1 is 0.583 bits per heavy atom. The van der Waals surface area contributed by atoms with Crippen LogP contribution in [0.25, 0.3) is 0 Å². The Labute approximate surface area is 220 Å². The minimum atomic E-state index is -1.19. The zero-order chi connectivity index (χ0) is 26.3. The second kappa shape index (κ2) is 21.9. The van der Waals surface area contributed by atoms with E-state index in [0.29, 0.717) is 0 Å². The van der Waals surface area contributed by atoms with Gasteiger partial charge in [0.05, 0.1) is 0 Å². The summed E-state index contributed by atoms with van der Waals surface area (Å²) in [5, 5.41) is 15.0. The largest absolute Gasteiger partial charge is 0.480 e. The Bertz CT molecular complexity index is 708. The molecule has 202 valence electrons. The van der Waals surface area contributed by atoms with Crippen LogP contribution in [0.2, 0.25) is 0 Å². The van der Waals surface area contributed by atoms with Crippen LogP contribution in [0.15, 0.2) is 48.5 Å². The fourth-order valence-corrected chi connectivity index (χ4v) is 4.16. The molecule has 0 saturated heterocycles. The smallest absolute Gasteiger partial charge is 0.329 e. The van der Waals surface area contributed by atoms with Gasteiger partial charge in [0.15, 0.2) is 0 Å². The number of rotatable bonds is 19. The molecule has 0 aliphatic rings. The molecule has 36 heavy (non-hydrogen) atoms. The molecule has 0 atom stereocenters. The van der Waals surface area contributed by atoms with E-state index < -0.39 is 12.6 Å². The molecular weight excluding hydrogens is 448 g/mol. The summed E-state index contributed by atoms with van der Waals surface area (Å²) in [5.41, 5.74) is 2.84. The normalized spacial score (nSPS) is 10.5. The number of hydrogen-bond donors (Lipinski definition) is 2. The van der Waals surface area contributed by atoms with Gasteiger partial charge in [-0.25, -0.2) is 4.79 Å². The van der Waals surface area contributed by atoms with Crippen molar-refractivity contribution in [3.05, 3.63) is 59.7 Å². The van der Waals surface area contributed by atoms with Crippen molar-refractivity contribution in [3.63, 3.8) is 0 Å². The van der Waals surface area contributed by atoms with Gasteiger partial charge in [-0.3, -0.25) is 0 Å². The fraction of sp³-hybridized carbons (Fsp3) is 0.594. The van der Waals surface area contributed by atoms with Crippen LogP contribution < -0.4 is 4.74 Å². The first-order valence-electron chi connectivity index (χ1n) is 14.3. The predicted octanol–water partition coefficient (Wildman–Crippen LogP) is 9.13. The van der Waals surface area contributed by atoms with Crippen molar-refractivity contribution in [3.8, 4) is 11.5 Å². The maximum absolute atomic E-state index is 9.12. The molecule has 2 aromatic rings. The van der Waals surface area contributed by atoms with Crippen molar-refractivity contribution in [2.75, 3.05) is 6.61 Å². The summed E-state index contributed by atoms with van der Waals surface area (Å²) in [4.78, 5) is 9.12. The maximum Gasteiger partial charge on any atom is 0.329 e. The molecule has 0 spiro atoms. The number of ether oxygens (including phenoxy) is 1. The van der Waals surface area contributed by atoms with E-state index >= 15 is 0 Å². The lowest BCUT2D eigenvalue weighted by atomic mass is 10.0. The topological polar surface area (TPSA) is 66.8 Å². The number of carboxylic acid groups (broad SMARTS) is 1. The molecule has 0 aliphatic carbocycles. The Hall–Kier alpha value is -2.33.